The Hall–Kier alpha value is -3.13. The topological polar surface area (TPSA) is 41.4 Å². The van der Waals surface area contributed by atoms with Crippen LogP contribution in [0.5, 0.6) is 0 Å². The quantitative estimate of drug-likeness (QED) is 0.614. The van der Waals surface area contributed by atoms with Crippen molar-refractivity contribution in [2.24, 2.45) is 0 Å². The Kier molecular flexibility index (Phi) is 6.08. The van der Waals surface area contributed by atoms with Gasteiger partial charge in [-0.25, -0.2) is 0 Å². The summed E-state index contributed by atoms with van der Waals surface area (Å²) < 4.78 is 42.0. The van der Waals surface area contributed by atoms with Crippen molar-refractivity contribution >= 4 is 5.91 Å². The van der Waals surface area contributed by atoms with Gasteiger partial charge in [-0.3, -0.25) is 14.7 Å². The van der Waals surface area contributed by atoms with Crippen molar-refractivity contribution in [3.05, 3.63) is 83.9 Å². The fourth-order valence-corrected chi connectivity index (χ4v) is 3.90. The maximum Gasteiger partial charge on any atom is 0.416 e. The molecule has 5 nitrogen and oxygen atoms in total. The molecule has 4 rings (SSSR count). The normalized spacial score (nSPS) is 15.8. The van der Waals surface area contributed by atoms with Crippen LogP contribution < -0.4 is 0 Å². The molecule has 1 saturated heterocycles. The molecular formula is C23H23F3N4O. The van der Waals surface area contributed by atoms with Gasteiger partial charge in [0.15, 0.2) is 0 Å². The lowest BCUT2D eigenvalue weighted by atomic mass is 10.1. The number of pyridine rings is 1. The van der Waals surface area contributed by atoms with Gasteiger partial charge >= 0.3 is 6.18 Å². The molecule has 2 aromatic heterocycles. The first-order valence-corrected chi connectivity index (χ1v) is 10.1. The van der Waals surface area contributed by atoms with Crippen molar-refractivity contribution in [3.8, 4) is 5.69 Å². The van der Waals surface area contributed by atoms with Crippen molar-refractivity contribution in [3.63, 3.8) is 0 Å². The van der Waals surface area contributed by atoms with Crippen LogP contribution in [0.2, 0.25) is 0 Å². The fraction of sp³-hybridized carbons (Fsp3) is 0.304. The Morgan fingerprint density at radius 3 is 2.55 bits per heavy atom. The zero-order valence-corrected chi connectivity index (χ0v) is 16.9. The van der Waals surface area contributed by atoms with Gasteiger partial charge in [-0.05, 0) is 35.9 Å². The minimum absolute atomic E-state index is 0.0333. The Labute approximate surface area is 178 Å². The molecule has 162 valence electrons. The molecule has 3 heterocycles. The van der Waals surface area contributed by atoms with E-state index in [1.54, 1.807) is 18.5 Å². The van der Waals surface area contributed by atoms with Gasteiger partial charge in [0.1, 0.15) is 0 Å². The molecule has 1 aliphatic heterocycles. The minimum atomic E-state index is -4.44. The molecule has 31 heavy (non-hydrogen) atoms. The second-order valence-corrected chi connectivity index (χ2v) is 7.58. The van der Waals surface area contributed by atoms with Crippen LogP contribution in [-0.2, 0) is 24.1 Å². The lowest BCUT2D eigenvalue weighted by Gasteiger charge is -2.24. The highest BCUT2D eigenvalue weighted by molar-refractivity contribution is 5.76. The fourth-order valence-electron chi connectivity index (χ4n) is 3.90. The summed E-state index contributed by atoms with van der Waals surface area (Å²) in [6.45, 7) is 2.15. The van der Waals surface area contributed by atoms with Gasteiger partial charge in [0.05, 0.1) is 17.4 Å². The highest BCUT2D eigenvalue weighted by Crippen LogP contribution is 2.32. The number of hydrogen-bond donors (Lipinski definition) is 0. The highest BCUT2D eigenvalue weighted by atomic mass is 19.4. The number of carbonyl (C=O) groups excluding carboxylic acids is 1. The maximum absolute atomic E-state index is 13.3. The number of aromatic nitrogens is 2. The molecular weight excluding hydrogens is 405 g/mol. The monoisotopic (exact) mass is 428 g/mol. The predicted molar refractivity (Wildman–Crippen MR) is 110 cm³/mol. The molecule has 1 fully saturated rings. The summed E-state index contributed by atoms with van der Waals surface area (Å²) in [5, 5.41) is 0. The van der Waals surface area contributed by atoms with Gasteiger partial charge in [0, 0.05) is 57.2 Å². The number of amides is 1. The van der Waals surface area contributed by atoms with E-state index in [-0.39, 0.29) is 24.4 Å². The van der Waals surface area contributed by atoms with E-state index in [0.29, 0.717) is 26.2 Å². The Balaban J connectivity index is 1.45. The molecule has 1 amide bonds. The van der Waals surface area contributed by atoms with Crippen LogP contribution in [0.25, 0.3) is 5.69 Å². The molecule has 0 spiro atoms. The molecule has 0 N–H and O–H groups in total. The van der Waals surface area contributed by atoms with E-state index in [2.05, 4.69) is 14.5 Å². The van der Waals surface area contributed by atoms with E-state index in [1.807, 2.05) is 30.5 Å². The van der Waals surface area contributed by atoms with Gasteiger partial charge in [-0.2, -0.15) is 13.2 Å². The van der Waals surface area contributed by atoms with Crippen molar-refractivity contribution in [1.29, 1.82) is 0 Å². The summed E-state index contributed by atoms with van der Waals surface area (Å²) in [4.78, 5) is 20.5. The molecule has 0 radical (unpaired) electrons. The average Bonchev–Trinajstić information content (AvgIpc) is 3.15. The largest absolute Gasteiger partial charge is 0.416 e. The van der Waals surface area contributed by atoms with Crippen molar-refractivity contribution in [2.75, 3.05) is 19.6 Å². The molecule has 3 aromatic rings. The summed E-state index contributed by atoms with van der Waals surface area (Å²) in [5.41, 5.74) is 1.47. The third-order valence-electron chi connectivity index (χ3n) is 5.51. The van der Waals surface area contributed by atoms with Crippen LogP contribution in [0.1, 0.15) is 23.2 Å². The highest BCUT2D eigenvalue weighted by Gasteiger charge is 2.34. The van der Waals surface area contributed by atoms with E-state index in [4.69, 9.17) is 0 Å². The summed E-state index contributed by atoms with van der Waals surface area (Å²) in [6.07, 6.45) is 1.32. The minimum Gasteiger partial charge on any atom is -0.337 e. The van der Waals surface area contributed by atoms with Crippen molar-refractivity contribution in [1.82, 2.24) is 19.4 Å². The third kappa shape index (κ3) is 4.96. The van der Waals surface area contributed by atoms with E-state index in [0.717, 1.165) is 17.4 Å². The number of carbonyl (C=O) groups is 1. The summed E-state index contributed by atoms with van der Waals surface area (Å²) in [6, 6.07) is 13.3. The molecule has 1 aromatic carbocycles. The molecule has 0 atom stereocenters. The molecule has 0 aliphatic carbocycles. The number of halogens is 3. The van der Waals surface area contributed by atoms with Crippen LogP contribution in [0.15, 0.2) is 67.1 Å². The third-order valence-corrected chi connectivity index (χ3v) is 5.51. The van der Waals surface area contributed by atoms with Gasteiger partial charge in [-0.15, -0.1) is 0 Å². The number of alkyl halides is 3. The Morgan fingerprint density at radius 1 is 0.935 bits per heavy atom. The second-order valence-electron chi connectivity index (χ2n) is 7.58. The first-order valence-electron chi connectivity index (χ1n) is 10.1. The van der Waals surface area contributed by atoms with Gasteiger partial charge in [0.2, 0.25) is 5.91 Å². The molecule has 0 unspecified atom stereocenters. The molecule has 0 bridgehead atoms. The Bertz CT molecular complexity index is 1030. The first-order chi connectivity index (χ1) is 14.9. The Morgan fingerprint density at radius 2 is 1.77 bits per heavy atom. The standard InChI is InChI=1S/C23H23F3N4O/c24-23(25,26)21-8-2-1-5-18(21)16-29-14-13-28(12-9-22(29)31)17-20-7-4-11-30(20)19-6-3-10-27-15-19/h1-8,10-11,15H,9,12-14,16-17H2. The number of nitrogens with zero attached hydrogens (tertiary/aromatic N) is 4. The van der Waals surface area contributed by atoms with Crippen molar-refractivity contribution < 1.29 is 18.0 Å². The lowest BCUT2D eigenvalue weighted by Crippen LogP contribution is -2.33. The zero-order valence-electron chi connectivity index (χ0n) is 16.9. The SMILES string of the molecule is O=C1CCN(Cc2cccn2-c2cccnc2)CCN1Cc1ccccc1C(F)(F)F. The van der Waals surface area contributed by atoms with Crippen LogP contribution >= 0.6 is 0 Å². The van der Waals surface area contributed by atoms with Crippen LogP contribution in [-0.4, -0.2) is 44.9 Å². The van der Waals surface area contributed by atoms with E-state index in [1.165, 1.54) is 17.0 Å². The molecule has 1 aliphatic rings. The molecule has 0 saturated carbocycles. The molecule has 8 heteroatoms. The average molecular weight is 428 g/mol. The van der Waals surface area contributed by atoms with Crippen LogP contribution in [0, 0.1) is 0 Å². The lowest BCUT2D eigenvalue weighted by molar-refractivity contribution is -0.139. The van der Waals surface area contributed by atoms with Gasteiger partial charge < -0.3 is 9.47 Å². The van der Waals surface area contributed by atoms with Gasteiger partial charge in [-0.1, -0.05) is 18.2 Å². The summed E-state index contributed by atoms with van der Waals surface area (Å²) >= 11 is 0. The number of rotatable bonds is 5. The van der Waals surface area contributed by atoms with E-state index in [9.17, 15) is 18.0 Å². The van der Waals surface area contributed by atoms with Crippen LogP contribution in [0.3, 0.4) is 0 Å². The summed E-state index contributed by atoms with van der Waals surface area (Å²) in [7, 11) is 0. The zero-order chi connectivity index (χ0) is 21.8. The summed E-state index contributed by atoms with van der Waals surface area (Å²) in [5.74, 6) is -0.123. The second kappa shape index (κ2) is 8.93. The smallest absolute Gasteiger partial charge is 0.337 e. The van der Waals surface area contributed by atoms with Gasteiger partial charge in [0.25, 0.3) is 0 Å². The maximum atomic E-state index is 13.3. The van der Waals surface area contributed by atoms with Crippen LogP contribution in [0.4, 0.5) is 13.2 Å². The van der Waals surface area contributed by atoms with E-state index < -0.39 is 11.7 Å². The van der Waals surface area contributed by atoms with Crippen molar-refractivity contribution in [2.45, 2.75) is 25.7 Å². The first kappa shape index (κ1) is 21.1. The number of benzene rings is 1. The predicted octanol–water partition coefficient (Wildman–Crippen LogP) is 4.13. The number of hydrogen-bond acceptors (Lipinski definition) is 3. The van der Waals surface area contributed by atoms with E-state index >= 15 is 0 Å².